The van der Waals surface area contributed by atoms with Crippen LogP contribution in [0.1, 0.15) is 18.2 Å². The lowest BCUT2D eigenvalue weighted by Crippen LogP contribution is -2.20. The van der Waals surface area contributed by atoms with Gasteiger partial charge in [0.05, 0.1) is 5.69 Å². The van der Waals surface area contributed by atoms with Gasteiger partial charge in [0.2, 0.25) is 0 Å². The van der Waals surface area contributed by atoms with Crippen LogP contribution in [-0.4, -0.2) is 17.0 Å². The molecular formula is C14H16ClFN4. The molecule has 2 N–H and O–H groups in total. The van der Waals surface area contributed by atoms with Crippen molar-refractivity contribution in [3.63, 3.8) is 0 Å². The van der Waals surface area contributed by atoms with Crippen LogP contribution in [0.3, 0.4) is 0 Å². The first-order valence-corrected chi connectivity index (χ1v) is 6.65. The van der Waals surface area contributed by atoms with E-state index in [1.54, 1.807) is 30.1 Å². The molecule has 4 nitrogen and oxygen atoms in total. The summed E-state index contributed by atoms with van der Waals surface area (Å²) in [6.07, 6.45) is 1.89. The summed E-state index contributed by atoms with van der Waals surface area (Å²) in [5.41, 5.74) is 7.59. The SMILES string of the molecule is CCc1ncnc(N(C)Cc2cc(N)ccc2Cl)c1F. The number of nitrogen functional groups attached to an aromatic ring is 1. The van der Waals surface area contributed by atoms with E-state index >= 15 is 0 Å². The van der Waals surface area contributed by atoms with E-state index in [1.165, 1.54) is 6.33 Å². The Labute approximate surface area is 122 Å². The molecule has 1 aromatic heterocycles. The van der Waals surface area contributed by atoms with Gasteiger partial charge in [-0.15, -0.1) is 0 Å². The third kappa shape index (κ3) is 2.99. The molecule has 106 valence electrons. The average Bonchev–Trinajstić information content (AvgIpc) is 2.43. The van der Waals surface area contributed by atoms with Crippen molar-refractivity contribution in [1.29, 1.82) is 0 Å². The lowest BCUT2D eigenvalue weighted by Gasteiger charge is -2.20. The topological polar surface area (TPSA) is 55.0 Å². The van der Waals surface area contributed by atoms with E-state index in [0.717, 1.165) is 5.56 Å². The molecule has 0 bridgehead atoms. The fourth-order valence-corrected chi connectivity index (χ4v) is 2.13. The highest BCUT2D eigenvalue weighted by atomic mass is 35.5. The summed E-state index contributed by atoms with van der Waals surface area (Å²) in [6, 6.07) is 5.23. The monoisotopic (exact) mass is 294 g/mol. The molecule has 0 aliphatic carbocycles. The molecular weight excluding hydrogens is 279 g/mol. The van der Waals surface area contributed by atoms with Gasteiger partial charge >= 0.3 is 0 Å². The van der Waals surface area contributed by atoms with Crippen molar-refractivity contribution in [3.05, 3.63) is 46.6 Å². The Morgan fingerprint density at radius 3 is 2.80 bits per heavy atom. The van der Waals surface area contributed by atoms with Gasteiger partial charge in [-0.25, -0.2) is 14.4 Å². The summed E-state index contributed by atoms with van der Waals surface area (Å²) in [5.74, 6) is -0.132. The van der Waals surface area contributed by atoms with E-state index in [0.29, 0.717) is 29.4 Å². The third-order valence-electron chi connectivity index (χ3n) is 3.02. The number of aryl methyl sites for hydroxylation is 1. The van der Waals surface area contributed by atoms with Crippen molar-refractivity contribution in [2.75, 3.05) is 17.7 Å². The van der Waals surface area contributed by atoms with Gasteiger partial charge in [0, 0.05) is 24.3 Å². The van der Waals surface area contributed by atoms with E-state index in [2.05, 4.69) is 9.97 Å². The van der Waals surface area contributed by atoms with Crippen LogP contribution in [0.15, 0.2) is 24.5 Å². The van der Waals surface area contributed by atoms with Gasteiger partial charge in [0.15, 0.2) is 11.6 Å². The second-order valence-corrected chi connectivity index (χ2v) is 4.93. The van der Waals surface area contributed by atoms with Gasteiger partial charge in [0.1, 0.15) is 6.33 Å². The molecule has 0 unspecified atom stereocenters. The predicted octanol–water partition coefficient (Wildman–Crippen LogP) is 3.05. The van der Waals surface area contributed by atoms with Crippen LogP contribution >= 0.6 is 11.6 Å². The second kappa shape index (κ2) is 6.05. The zero-order valence-electron chi connectivity index (χ0n) is 11.4. The Morgan fingerprint density at radius 2 is 2.10 bits per heavy atom. The molecule has 0 aliphatic rings. The number of hydrogen-bond acceptors (Lipinski definition) is 4. The summed E-state index contributed by atoms with van der Waals surface area (Å²) in [7, 11) is 1.75. The van der Waals surface area contributed by atoms with E-state index in [1.807, 2.05) is 6.92 Å². The minimum absolute atomic E-state index is 0.260. The quantitative estimate of drug-likeness (QED) is 0.881. The van der Waals surface area contributed by atoms with Crippen LogP contribution in [0, 0.1) is 5.82 Å². The largest absolute Gasteiger partial charge is 0.399 e. The van der Waals surface area contributed by atoms with E-state index < -0.39 is 5.82 Å². The smallest absolute Gasteiger partial charge is 0.187 e. The molecule has 2 aromatic rings. The zero-order chi connectivity index (χ0) is 14.7. The predicted molar refractivity (Wildman–Crippen MR) is 79.3 cm³/mol. The first-order chi connectivity index (χ1) is 9.52. The number of aromatic nitrogens is 2. The van der Waals surface area contributed by atoms with Gasteiger partial charge in [-0.3, -0.25) is 0 Å². The Hall–Kier alpha value is -1.88. The summed E-state index contributed by atoms with van der Waals surface area (Å²) in [4.78, 5) is 9.61. The van der Waals surface area contributed by atoms with Crippen molar-refractivity contribution in [2.45, 2.75) is 19.9 Å². The number of halogens is 2. The van der Waals surface area contributed by atoms with Gasteiger partial charge < -0.3 is 10.6 Å². The lowest BCUT2D eigenvalue weighted by molar-refractivity contribution is 0.588. The standard InChI is InChI=1S/C14H16ClFN4/c1-3-12-13(16)14(19-8-18-12)20(2)7-9-6-10(17)4-5-11(9)15/h4-6,8H,3,7,17H2,1-2H3. The molecule has 20 heavy (non-hydrogen) atoms. The summed E-state index contributed by atoms with van der Waals surface area (Å²) >= 11 is 6.12. The van der Waals surface area contributed by atoms with Crippen molar-refractivity contribution in [1.82, 2.24) is 9.97 Å². The minimum Gasteiger partial charge on any atom is -0.399 e. The highest BCUT2D eigenvalue weighted by Gasteiger charge is 2.15. The molecule has 0 atom stereocenters. The number of rotatable bonds is 4. The lowest BCUT2D eigenvalue weighted by atomic mass is 10.2. The molecule has 0 spiro atoms. The van der Waals surface area contributed by atoms with Crippen LogP contribution < -0.4 is 10.6 Å². The Balaban J connectivity index is 2.28. The van der Waals surface area contributed by atoms with E-state index in [4.69, 9.17) is 17.3 Å². The Bertz CT molecular complexity index is 618. The first-order valence-electron chi connectivity index (χ1n) is 6.27. The van der Waals surface area contributed by atoms with Crippen molar-refractivity contribution in [2.24, 2.45) is 0 Å². The maximum Gasteiger partial charge on any atom is 0.187 e. The minimum atomic E-state index is -0.391. The molecule has 0 radical (unpaired) electrons. The van der Waals surface area contributed by atoms with Crippen molar-refractivity contribution >= 4 is 23.1 Å². The van der Waals surface area contributed by atoms with Crippen LogP contribution in [-0.2, 0) is 13.0 Å². The first kappa shape index (κ1) is 14.5. The van der Waals surface area contributed by atoms with Crippen LogP contribution in [0.5, 0.6) is 0 Å². The Kier molecular flexibility index (Phi) is 4.39. The third-order valence-corrected chi connectivity index (χ3v) is 3.39. The van der Waals surface area contributed by atoms with Gasteiger partial charge in [-0.05, 0) is 30.2 Å². The molecule has 0 fully saturated rings. The summed E-state index contributed by atoms with van der Waals surface area (Å²) in [5, 5.41) is 0.594. The number of hydrogen-bond donors (Lipinski definition) is 1. The summed E-state index contributed by atoms with van der Waals surface area (Å²) < 4.78 is 14.2. The molecule has 0 aliphatic heterocycles. The highest BCUT2D eigenvalue weighted by Crippen LogP contribution is 2.24. The molecule has 1 aromatic carbocycles. The van der Waals surface area contributed by atoms with Gasteiger partial charge in [0.25, 0.3) is 0 Å². The maximum atomic E-state index is 14.2. The molecule has 0 saturated carbocycles. The normalized spacial score (nSPS) is 10.6. The molecule has 0 amide bonds. The molecule has 0 saturated heterocycles. The van der Waals surface area contributed by atoms with Gasteiger partial charge in [-0.1, -0.05) is 18.5 Å². The van der Waals surface area contributed by atoms with Crippen molar-refractivity contribution < 1.29 is 4.39 Å². The fraction of sp³-hybridized carbons (Fsp3) is 0.286. The molecule has 6 heteroatoms. The molecule has 1 heterocycles. The average molecular weight is 295 g/mol. The van der Waals surface area contributed by atoms with Gasteiger partial charge in [-0.2, -0.15) is 0 Å². The Morgan fingerprint density at radius 1 is 1.35 bits per heavy atom. The zero-order valence-corrected chi connectivity index (χ0v) is 12.2. The number of anilines is 2. The van der Waals surface area contributed by atoms with Crippen molar-refractivity contribution in [3.8, 4) is 0 Å². The number of nitrogens with zero attached hydrogens (tertiary/aromatic N) is 3. The summed E-state index contributed by atoms with van der Waals surface area (Å²) in [6.45, 7) is 2.27. The van der Waals surface area contributed by atoms with Crippen LogP contribution in [0.2, 0.25) is 5.02 Å². The highest BCUT2D eigenvalue weighted by molar-refractivity contribution is 6.31. The maximum absolute atomic E-state index is 14.2. The molecule has 2 rings (SSSR count). The number of nitrogens with two attached hydrogens (primary N) is 1. The fourth-order valence-electron chi connectivity index (χ4n) is 1.95. The number of benzene rings is 1. The van der Waals surface area contributed by atoms with E-state index in [9.17, 15) is 4.39 Å². The van der Waals surface area contributed by atoms with Crippen LogP contribution in [0.4, 0.5) is 15.9 Å². The van der Waals surface area contributed by atoms with E-state index in [-0.39, 0.29) is 5.82 Å². The van der Waals surface area contributed by atoms with Crippen LogP contribution in [0.25, 0.3) is 0 Å². The second-order valence-electron chi connectivity index (χ2n) is 4.52.